The van der Waals surface area contributed by atoms with Crippen LogP contribution in [-0.2, 0) is 4.74 Å². The third-order valence-corrected chi connectivity index (χ3v) is 3.14. The Morgan fingerprint density at radius 2 is 2.06 bits per heavy atom. The van der Waals surface area contributed by atoms with Gasteiger partial charge < -0.3 is 15.2 Å². The van der Waals surface area contributed by atoms with Crippen molar-refractivity contribution in [1.29, 1.82) is 0 Å². The lowest BCUT2D eigenvalue weighted by atomic mass is 9.99. The van der Waals surface area contributed by atoms with Crippen molar-refractivity contribution in [1.82, 2.24) is 5.32 Å². The van der Waals surface area contributed by atoms with Crippen molar-refractivity contribution >= 4 is 6.09 Å². The van der Waals surface area contributed by atoms with Crippen molar-refractivity contribution < 1.29 is 14.6 Å². The van der Waals surface area contributed by atoms with E-state index in [1.54, 1.807) is 0 Å². The number of carbonyl (C=O) groups is 1. The third-order valence-electron chi connectivity index (χ3n) is 3.14. The van der Waals surface area contributed by atoms with Gasteiger partial charge in [0.15, 0.2) is 0 Å². The molecule has 1 amide bonds. The number of alkyl carbamates (subject to hydrolysis) is 1. The summed E-state index contributed by atoms with van der Waals surface area (Å²) in [6.07, 6.45) is 3.94. The Balaban J connectivity index is 2.28. The first-order valence-corrected chi connectivity index (χ1v) is 6.34. The van der Waals surface area contributed by atoms with Crippen molar-refractivity contribution in [3.63, 3.8) is 0 Å². The first-order valence-electron chi connectivity index (χ1n) is 6.34. The molecule has 4 heteroatoms. The molecular weight excluding hydrogens is 218 g/mol. The molecule has 0 saturated heterocycles. The van der Waals surface area contributed by atoms with Gasteiger partial charge in [0.25, 0.3) is 0 Å². The van der Waals surface area contributed by atoms with Crippen LogP contribution in [0, 0.1) is 5.41 Å². The molecule has 17 heavy (non-hydrogen) atoms. The van der Waals surface area contributed by atoms with E-state index in [0.29, 0.717) is 5.41 Å². The molecule has 0 aliphatic heterocycles. The normalized spacial score (nSPS) is 19.6. The van der Waals surface area contributed by atoms with Crippen LogP contribution >= 0.6 is 0 Å². The second-order valence-corrected chi connectivity index (χ2v) is 6.38. The predicted molar refractivity (Wildman–Crippen MR) is 66.8 cm³/mol. The van der Waals surface area contributed by atoms with E-state index in [2.05, 4.69) is 12.2 Å². The summed E-state index contributed by atoms with van der Waals surface area (Å²) in [5, 5.41) is 11.9. The highest BCUT2D eigenvalue weighted by Gasteiger charge is 2.37. The van der Waals surface area contributed by atoms with Crippen LogP contribution in [0.15, 0.2) is 0 Å². The molecule has 1 aliphatic carbocycles. The Morgan fingerprint density at radius 3 is 2.47 bits per heavy atom. The van der Waals surface area contributed by atoms with E-state index < -0.39 is 11.7 Å². The van der Waals surface area contributed by atoms with E-state index in [9.17, 15) is 9.90 Å². The van der Waals surface area contributed by atoms with E-state index in [1.807, 2.05) is 20.8 Å². The zero-order valence-corrected chi connectivity index (χ0v) is 11.4. The number of aliphatic hydroxyl groups excluding tert-OH is 1. The molecular formula is C13H25NO3. The summed E-state index contributed by atoms with van der Waals surface area (Å²) in [5.74, 6) is 0. The van der Waals surface area contributed by atoms with Gasteiger partial charge in [0.2, 0.25) is 0 Å². The van der Waals surface area contributed by atoms with E-state index in [0.717, 1.165) is 12.8 Å². The third kappa shape index (κ3) is 5.91. The Labute approximate surface area is 104 Å². The number of amides is 1. The van der Waals surface area contributed by atoms with Crippen LogP contribution in [-0.4, -0.2) is 29.4 Å². The largest absolute Gasteiger partial charge is 0.444 e. The smallest absolute Gasteiger partial charge is 0.407 e. The summed E-state index contributed by atoms with van der Waals surface area (Å²) in [6.45, 7) is 7.69. The van der Waals surface area contributed by atoms with Crippen LogP contribution in [0.3, 0.4) is 0 Å². The van der Waals surface area contributed by atoms with Gasteiger partial charge in [0, 0.05) is 0 Å². The highest BCUT2D eigenvalue weighted by molar-refractivity contribution is 5.68. The molecule has 0 aromatic rings. The Bertz CT molecular complexity index is 266. The number of hydrogen-bond donors (Lipinski definition) is 2. The summed E-state index contributed by atoms with van der Waals surface area (Å²) in [6, 6.07) is -0.192. The molecule has 2 N–H and O–H groups in total. The van der Waals surface area contributed by atoms with Gasteiger partial charge in [-0.3, -0.25) is 0 Å². The van der Waals surface area contributed by atoms with Crippen LogP contribution in [0.2, 0.25) is 0 Å². The molecule has 1 aliphatic rings. The van der Waals surface area contributed by atoms with E-state index in [4.69, 9.17) is 4.74 Å². The number of nitrogens with one attached hydrogen (secondary N) is 1. The molecule has 1 unspecified atom stereocenters. The van der Waals surface area contributed by atoms with Crippen LogP contribution < -0.4 is 5.32 Å². The first kappa shape index (κ1) is 14.3. The molecule has 0 spiro atoms. The van der Waals surface area contributed by atoms with Gasteiger partial charge in [-0.15, -0.1) is 0 Å². The average Bonchev–Trinajstić information content (AvgIpc) is 2.89. The zero-order valence-electron chi connectivity index (χ0n) is 11.4. The van der Waals surface area contributed by atoms with Gasteiger partial charge in [-0.1, -0.05) is 6.92 Å². The lowest BCUT2D eigenvalue weighted by Gasteiger charge is -2.23. The number of ether oxygens (including phenoxy) is 1. The summed E-state index contributed by atoms with van der Waals surface area (Å²) < 4.78 is 5.16. The topological polar surface area (TPSA) is 58.6 Å². The summed E-state index contributed by atoms with van der Waals surface area (Å²) >= 11 is 0. The Morgan fingerprint density at radius 1 is 1.47 bits per heavy atom. The lowest BCUT2D eigenvalue weighted by molar-refractivity contribution is 0.0476. The molecule has 0 aromatic heterocycles. The minimum absolute atomic E-state index is 0.0324. The van der Waals surface area contributed by atoms with Crippen LogP contribution in [0.25, 0.3) is 0 Å². The van der Waals surface area contributed by atoms with Crippen LogP contribution in [0.4, 0.5) is 4.79 Å². The molecule has 1 fully saturated rings. The predicted octanol–water partition coefficient (Wildman–Crippen LogP) is 2.45. The van der Waals surface area contributed by atoms with Gasteiger partial charge in [-0.2, -0.15) is 0 Å². The summed E-state index contributed by atoms with van der Waals surface area (Å²) in [4.78, 5) is 11.5. The van der Waals surface area contributed by atoms with Gasteiger partial charge in [0.1, 0.15) is 5.60 Å². The molecule has 1 atom stereocenters. The maximum Gasteiger partial charge on any atom is 0.407 e. The molecule has 1 saturated carbocycles. The minimum Gasteiger partial charge on any atom is -0.444 e. The quantitative estimate of drug-likeness (QED) is 0.779. The maximum atomic E-state index is 11.5. The SMILES string of the molecule is CC1(CCC(CO)NC(=O)OC(C)(C)C)CC1. The number of hydrogen-bond acceptors (Lipinski definition) is 3. The van der Waals surface area contributed by atoms with E-state index in [1.165, 1.54) is 12.8 Å². The van der Waals surface area contributed by atoms with Crippen molar-refractivity contribution in [3.8, 4) is 0 Å². The van der Waals surface area contributed by atoms with Crippen LogP contribution in [0.5, 0.6) is 0 Å². The standard InChI is InChI=1S/C13H25NO3/c1-12(2,3)17-11(16)14-10(9-15)5-6-13(4)7-8-13/h10,15H,5-9H2,1-4H3,(H,14,16). The monoisotopic (exact) mass is 243 g/mol. The molecule has 0 radical (unpaired) electrons. The summed E-state index contributed by atoms with van der Waals surface area (Å²) in [5.41, 5.74) is -0.0460. The average molecular weight is 243 g/mol. The highest BCUT2D eigenvalue weighted by atomic mass is 16.6. The fourth-order valence-corrected chi connectivity index (χ4v) is 1.67. The van der Waals surface area contributed by atoms with Crippen molar-refractivity contribution in [3.05, 3.63) is 0 Å². The highest BCUT2D eigenvalue weighted by Crippen LogP contribution is 2.49. The Kier molecular flexibility index (Phi) is 4.42. The first-order chi connectivity index (χ1) is 7.74. The number of aliphatic hydroxyl groups is 1. The fourth-order valence-electron chi connectivity index (χ4n) is 1.67. The van der Waals surface area contributed by atoms with Crippen molar-refractivity contribution in [2.45, 2.75) is 65.0 Å². The minimum atomic E-state index is -0.493. The molecule has 0 bridgehead atoms. The van der Waals surface area contributed by atoms with Gasteiger partial charge >= 0.3 is 6.09 Å². The molecule has 0 heterocycles. The fraction of sp³-hybridized carbons (Fsp3) is 0.923. The maximum absolute atomic E-state index is 11.5. The zero-order chi connectivity index (χ0) is 13.1. The second kappa shape index (κ2) is 5.25. The van der Waals surface area contributed by atoms with Gasteiger partial charge in [0.05, 0.1) is 12.6 Å². The molecule has 1 rings (SSSR count). The van der Waals surface area contributed by atoms with E-state index in [-0.39, 0.29) is 12.6 Å². The summed E-state index contributed by atoms with van der Waals surface area (Å²) in [7, 11) is 0. The van der Waals surface area contributed by atoms with Crippen LogP contribution in [0.1, 0.15) is 53.4 Å². The Hall–Kier alpha value is -0.770. The number of carbonyl (C=O) groups excluding carboxylic acids is 1. The van der Waals surface area contributed by atoms with Gasteiger partial charge in [-0.05, 0) is 51.9 Å². The molecule has 0 aromatic carbocycles. The number of rotatable bonds is 5. The second-order valence-electron chi connectivity index (χ2n) is 6.38. The van der Waals surface area contributed by atoms with Crippen molar-refractivity contribution in [2.24, 2.45) is 5.41 Å². The molecule has 100 valence electrons. The lowest BCUT2D eigenvalue weighted by Crippen LogP contribution is -2.41. The molecule has 4 nitrogen and oxygen atoms in total. The van der Waals surface area contributed by atoms with Crippen molar-refractivity contribution in [2.75, 3.05) is 6.61 Å². The van der Waals surface area contributed by atoms with E-state index >= 15 is 0 Å². The van der Waals surface area contributed by atoms with Gasteiger partial charge in [-0.25, -0.2) is 4.79 Å².